The van der Waals surface area contributed by atoms with Crippen molar-refractivity contribution in [2.24, 2.45) is 0 Å². The fourth-order valence-electron chi connectivity index (χ4n) is 2.88. The largest absolute Gasteiger partial charge is 0.338 e. The number of para-hydroxylation sites is 1. The molecule has 0 spiro atoms. The Bertz CT molecular complexity index is 582. The van der Waals surface area contributed by atoms with Crippen LogP contribution in [0.5, 0.6) is 0 Å². The molecule has 1 aliphatic carbocycles. The summed E-state index contributed by atoms with van der Waals surface area (Å²) < 4.78 is 16.2. The van der Waals surface area contributed by atoms with Crippen LogP contribution in [0, 0.1) is 5.82 Å². The van der Waals surface area contributed by atoms with Crippen LogP contribution < -0.4 is 5.32 Å². The van der Waals surface area contributed by atoms with E-state index >= 15 is 0 Å². The van der Waals surface area contributed by atoms with Gasteiger partial charge in [0.15, 0.2) is 0 Å². The predicted octanol–water partition coefficient (Wildman–Crippen LogP) is 4.00. The molecule has 1 aromatic carbocycles. The topological polar surface area (TPSA) is 17.0 Å². The van der Waals surface area contributed by atoms with E-state index in [4.69, 9.17) is 0 Å². The molecular weight excluding hydrogens is 239 g/mol. The molecule has 0 bridgehead atoms. The SMILES string of the molecule is CC(C)n1c(CNC2CCC2)cc2cccc(F)c21. The van der Waals surface area contributed by atoms with Crippen molar-refractivity contribution in [3.63, 3.8) is 0 Å². The molecule has 0 amide bonds. The molecule has 3 heteroatoms. The molecule has 102 valence electrons. The summed E-state index contributed by atoms with van der Waals surface area (Å²) >= 11 is 0. The van der Waals surface area contributed by atoms with Gasteiger partial charge in [-0.1, -0.05) is 18.6 Å². The van der Waals surface area contributed by atoms with Gasteiger partial charge in [-0.05, 0) is 38.8 Å². The minimum Gasteiger partial charge on any atom is -0.338 e. The number of nitrogens with one attached hydrogen (secondary N) is 1. The second kappa shape index (κ2) is 4.97. The first-order valence-electron chi connectivity index (χ1n) is 7.18. The van der Waals surface area contributed by atoms with Crippen molar-refractivity contribution in [2.45, 2.75) is 51.7 Å². The van der Waals surface area contributed by atoms with Crippen molar-refractivity contribution in [3.8, 4) is 0 Å². The van der Waals surface area contributed by atoms with E-state index in [1.54, 1.807) is 12.1 Å². The van der Waals surface area contributed by atoms with Crippen molar-refractivity contribution < 1.29 is 4.39 Å². The highest BCUT2D eigenvalue weighted by atomic mass is 19.1. The maximum absolute atomic E-state index is 14.1. The van der Waals surface area contributed by atoms with Gasteiger partial charge < -0.3 is 9.88 Å². The number of hydrogen-bond acceptors (Lipinski definition) is 1. The number of aromatic nitrogens is 1. The number of rotatable bonds is 4. The number of hydrogen-bond donors (Lipinski definition) is 1. The molecule has 1 fully saturated rings. The zero-order valence-corrected chi connectivity index (χ0v) is 11.6. The lowest BCUT2D eigenvalue weighted by atomic mass is 9.93. The number of nitrogens with zero attached hydrogens (tertiary/aromatic N) is 1. The van der Waals surface area contributed by atoms with Crippen LogP contribution in [-0.2, 0) is 6.54 Å². The summed E-state index contributed by atoms with van der Waals surface area (Å²) in [5, 5.41) is 4.57. The molecule has 0 radical (unpaired) electrons. The van der Waals surface area contributed by atoms with Gasteiger partial charge in [0.05, 0.1) is 5.52 Å². The summed E-state index contributed by atoms with van der Waals surface area (Å²) in [5.41, 5.74) is 1.92. The molecule has 2 nitrogen and oxygen atoms in total. The van der Waals surface area contributed by atoms with Crippen LogP contribution in [0.15, 0.2) is 24.3 Å². The van der Waals surface area contributed by atoms with E-state index in [1.165, 1.54) is 25.0 Å². The summed E-state index contributed by atoms with van der Waals surface area (Å²) in [6.07, 6.45) is 3.88. The molecule has 2 aromatic rings. The fraction of sp³-hybridized carbons (Fsp3) is 0.500. The van der Waals surface area contributed by atoms with E-state index in [-0.39, 0.29) is 11.9 Å². The Balaban J connectivity index is 1.97. The smallest absolute Gasteiger partial charge is 0.147 e. The van der Waals surface area contributed by atoms with Crippen LogP contribution in [0.1, 0.15) is 44.8 Å². The predicted molar refractivity (Wildman–Crippen MR) is 76.8 cm³/mol. The van der Waals surface area contributed by atoms with Gasteiger partial charge in [-0.25, -0.2) is 4.39 Å². The highest BCUT2D eigenvalue weighted by Crippen LogP contribution is 2.27. The first kappa shape index (κ1) is 12.7. The third-order valence-corrected chi connectivity index (χ3v) is 4.08. The Morgan fingerprint density at radius 3 is 2.79 bits per heavy atom. The van der Waals surface area contributed by atoms with Crippen LogP contribution in [0.3, 0.4) is 0 Å². The molecule has 0 unspecified atom stereocenters. The molecule has 0 saturated heterocycles. The second-order valence-corrected chi connectivity index (χ2v) is 5.79. The van der Waals surface area contributed by atoms with Crippen molar-refractivity contribution in [1.82, 2.24) is 9.88 Å². The van der Waals surface area contributed by atoms with Crippen LogP contribution in [0.2, 0.25) is 0 Å². The van der Waals surface area contributed by atoms with Crippen molar-refractivity contribution in [3.05, 3.63) is 35.8 Å². The van der Waals surface area contributed by atoms with E-state index in [1.807, 2.05) is 6.07 Å². The van der Waals surface area contributed by atoms with Gasteiger partial charge in [0.1, 0.15) is 5.82 Å². The molecule has 1 aliphatic rings. The molecule has 0 atom stereocenters. The second-order valence-electron chi connectivity index (χ2n) is 5.79. The summed E-state index contributed by atoms with van der Waals surface area (Å²) in [7, 11) is 0. The van der Waals surface area contributed by atoms with Crippen molar-refractivity contribution in [2.75, 3.05) is 0 Å². The molecule has 1 saturated carbocycles. The minimum absolute atomic E-state index is 0.124. The van der Waals surface area contributed by atoms with E-state index in [0.29, 0.717) is 6.04 Å². The molecule has 1 heterocycles. The first-order valence-corrected chi connectivity index (χ1v) is 7.18. The van der Waals surface area contributed by atoms with E-state index in [2.05, 4.69) is 29.8 Å². The van der Waals surface area contributed by atoms with Crippen LogP contribution in [0.4, 0.5) is 4.39 Å². The number of halogens is 1. The number of benzene rings is 1. The highest BCUT2D eigenvalue weighted by molar-refractivity contribution is 5.82. The average Bonchev–Trinajstić information content (AvgIpc) is 2.67. The minimum atomic E-state index is -0.124. The average molecular weight is 260 g/mol. The molecule has 1 aromatic heterocycles. The van der Waals surface area contributed by atoms with Gasteiger partial charge in [0.2, 0.25) is 0 Å². The molecular formula is C16H21FN2. The Hall–Kier alpha value is -1.35. The molecule has 0 aliphatic heterocycles. The van der Waals surface area contributed by atoms with Crippen LogP contribution >= 0.6 is 0 Å². The van der Waals surface area contributed by atoms with Crippen LogP contribution in [-0.4, -0.2) is 10.6 Å². The molecule has 3 rings (SSSR count). The zero-order chi connectivity index (χ0) is 13.4. The molecule has 1 N–H and O–H groups in total. The van der Waals surface area contributed by atoms with Gasteiger partial charge in [-0.2, -0.15) is 0 Å². The van der Waals surface area contributed by atoms with Gasteiger partial charge in [0.25, 0.3) is 0 Å². The first-order chi connectivity index (χ1) is 9.16. The van der Waals surface area contributed by atoms with Crippen LogP contribution in [0.25, 0.3) is 10.9 Å². The lowest BCUT2D eigenvalue weighted by Gasteiger charge is -2.27. The third kappa shape index (κ3) is 2.27. The monoisotopic (exact) mass is 260 g/mol. The Morgan fingerprint density at radius 1 is 1.37 bits per heavy atom. The van der Waals surface area contributed by atoms with E-state index in [9.17, 15) is 4.39 Å². The maximum Gasteiger partial charge on any atom is 0.147 e. The van der Waals surface area contributed by atoms with Crippen molar-refractivity contribution in [1.29, 1.82) is 0 Å². The van der Waals surface area contributed by atoms with Gasteiger partial charge in [0, 0.05) is 29.7 Å². The summed E-state index contributed by atoms with van der Waals surface area (Å²) in [5.74, 6) is -0.124. The lowest BCUT2D eigenvalue weighted by molar-refractivity contribution is 0.334. The number of fused-ring (bicyclic) bond motifs is 1. The lowest BCUT2D eigenvalue weighted by Crippen LogP contribution is -2.35. The Labute approximate surface area is 113 Å². The van der Waals surface area contributed by atoms with Gasteiger partial charge in [-0.3, -0.25) is 0 Å². The summed E-state index contributed by atoms with van der Waals surface area (Å²) in [6, 6.07) is 8.36. The van der Waals surface area contributed by atoms with E-state index in [0.717, 1.165) is 17.4 Å². The van der Waals surface area contributed by atoms with Gasteiger partial charge in [-0.15, -0.1) is 0 Å². The Morgan fingerprint density at radius 2 is 2.16 bits per heavy atom. The Kier molecular flexibility index (Phi) is 3.31. The summed E-state index contributed by atoms with van der Waals surface area (Å²) in [6.45, 7) is 5.05. The standard InChI is InChI=1S/C16H21FN2/c1-11(2)19-14(10-18-13-6-4-7-13)9-12-5-3-8-15(17)16(12)19/h3,5,8-9,11,13,18H,4,6-7,10H2,1-2H3. The maximum atomic E-state index is 14.1. The molecule has 19 heavy (non-hydrogen) atoms. The highest BCUT2D eigenvalue weighted by Gasteiger charge is 2.19. The normalized spacial score (nSPS) is 16.2. The third-order valence-electron chi connectivity index (χ3n) is 4.08. The quantitative estimate of drug-likeness (QED) is 0.879. The van der Waals surface area contributed by atoms with Crippen molar-refractivity contribution >= 4 is 10.9 Å². The van der Waals surface area contributed by atoms with Gasteiger partial charge >= 0.3 is 0 Å². The summed E-state index contributed by atoms with van der Waals surface area (Å²) in [4.78, 5) is 0. The fourth-order valence-corrected chi connectivity index (χ4v) is 2.88. The zero-order valence-electron chi connectivity index (χ0n) is 11.6. The van der Waals surface area contributed by atoms with E-state index < -0.39 is 0 Å².